The van der Waals surface area contributed by atoms with E-state index in [0.29, 0.717) is 5.56 Å². The zero-order chi connectivity index (χ0) is 12.3. The van der Waals surface area contributed by atoms with Crippen LogP contribution in [0.4, 0.5) is 0 Å². The van der Waals surface area contributed by atoms with Crippen LogP contribution in [0, 0.1) is 11.3 Å². The first kappa shape index (κ1) is 11.7. The molecule has 1 heterocycles. The Morgan fingerprint density at radius 3 is 2.82 bits per heavy atom. The van der Waals surface area contributed by atoms with Gasteiger partial charge in [-0.2, -0.15) is 5.26 Å². The van der Waals surface area contributed by atoms with Crippen LogP contribution in [0.5, 0.6) is 0 Å². The lowest BCUT2D eigenvalue weighted by Crippen LogP contribution is -1.94. The maximum absolute atomic E-state index is 9.13. The number of benzene rings is 1. The average Bonchev–Trinajstić information content (AvgIpc) is 2.90. The highest BCUT2D eigenvalue weighted by atomic mass is 32.2. The molecule has 0 amide bonds. The predicted octanol–water partition coefficient (Wildman–Crippen LogP) is 3.50. The third kappa shape index (κ3) is 2.06. The van der Waals surface area contributed by atoms with E-state index < -0.39 is 0 Å². The molecule has 1 aromatic heterocycles. The van der Waals surface area contributed by atoms with E-state index in [2.05, 4.69) is 11.1 Å². The Hall–Kier alpha value is -1.73. The molecule has 0 N–H and O–H groups in total. The maximum Gasteiger partial charge on any atom is 0.181 e. The van der Waals surface area contributed by atoms with E-state index in [0.717, 1.165) is 28.2 Å². The number of nitrogens with zero attached hydrogens (tertiary/aromatic N) is 2. The van der Waals surface area contributed by atoms with Crippen molar-refractivity contribution in [2.45, 2.75) is 18.2 Å². The van der Waals surface area contributed by atoms with Gasteiger partial charge in [0.15, 0.2) is 12.2 Å². The summed E-state index contributed by atoms with van der Waals surface area (Å²) < 4.78 is 5.37. The van der Waals surface area contributed by atoms with Crippen molar-refractivity contribution in [1.82, 2.24) is 4.98 Å². The molecule has 0 saturated carbocycles. The number of thioether (sulfide) groups is 1. The van der Waals surface area contributed by atoms with Gasteiger partial charge in [0.1, 0.15) is 0 Å². The van der Waals surface area contributed by atoms with E-state index in [9.17, 15) is 0 Å². The fourth-order valence-electron chi connectivity index (χ4n) is 1.88. The first-order chi connectivity index (χ1) is 8.31. The largest absolute Gasteiger partial charge is 0.443 e. The fourth-order valence-corrected chi connectivity index (χ4v) is 2.51. The molecule has 0 atom stereocenters. The average molecular weight is 244 g/mol. The van der Waals surface area contributed by atoms with Crippen molar-refractivity contribution in [1.29, 1.82) is 5.26 Å². The van der Waals surface area contributed by atoms with Gasteiger partial charge < -0.3 is 4.42 Å². The van der Waals surface area contributed by atoms with Crippen LogP contribution in [0.25, 0.3) is 11.3 Å². The molecule has 2 rings (SSSR count). The van der Waals surface area contributed by atoms with Crippen LogP contribution in [0.2, 0.25) is 0 Å². The smallest absolute Gasteiger partial charge is 0.181 e. The van der Waals surface area contributed by atoms with Crippen molar-refractivity contribution in [2.24, 2.45) is 0 Å². The Morgan fingerprint density at radius 1 is 1.47 bits per heavy atom. The Morgan fingerprint density at radius 2 is 2.29 bits per heavy atom. The summed E-state index contributed by atoms with van der Waals surface area (Å²) in [5, 5.41) is 9.13. The second-order valence-electron chi connectivity index (χ2n) is 3.50. The molecule has 2 aromatic rings. The van der Waals surface area contributed by atoms with Gasteiger partial charge in [0, 0.05) is 10.5 Å². The molecular weight excluding hydrogens is 232 g/mol. The minimum Gasteiger partial charge on any atom is -0.443 e. The zero-order valence-corrected chi connectivity index (χ0v) is 10.5. The molecule has 0 unspecified atom stereocenters. The minimum absolute atomic E-state index is 0.705. The van der Waals surface area contributed by atoms with Crippen LogP contribution < -0.4 is 0 Å². The van der Waals surface area contributed by atoms with E-state index >= 15 is 0 Å². The summed E-state index contributed by atoms with van der Waals surface area (Å²) in [7, 11) is 0. The van der Waals surface area contributed by atoms with Crippen LogP contribution in [-0.2, 0) is 6.42 Å². The second kappa shape index (κ2) is 5.07. The van der Waals surface area contributed by atoms with Crippen molar-refractivity contribution in [3.05, 3.63) is 35.9 Å². The number of oxazole rings is 1. The summed E-state index contributed by atoms with van der Waals surface area (Å²) in [5.74, 6) is 0.725. The molecule has 0 radical (unpaired) electrons. The molecule has 3 nitrogen and oxygen atoms in total. The molecule has 17 heavy (non-hydrogen) atoms. The zero-order valence-electron chi connectivity index (χ0n) is 9.73. The summed E-state index contributed by atoms with van der Waals surface area (Å²) in [6.45, 7) is 2.04. The van der Waals surface area contributed by atoms with Crippen LogP contribution in [-0.4, -0.2) is 11.2 Å². The molecule has 0 spiro atoms. The number of aromatic nitrogens is 1. The highest BCUT2D eigenvalue weighted by Gasteiger charge is 2.15. The Kier molecular flexibility index (Phi) is 3.50. The quantitative estimate of drug-likeness (QED) is 0.775. The molecule has 0 fully saturated rings. The Balaban J connectivity index is 2.73. The molecular formula is C13H12N2OS. The molecule has 86 valence electrons. The minimum atomic E-state index is 0.705. The van der Waals surface area contributed by atoms with Gasteiger partial charge >= 0.3 is 0 Å². The molecule has 4 heteroatoms. The summed E-state index contributed by atoms with van der Waals surface area (Å²) >= 11 is 1.65. The third-order valence-electron chi connectivity index (χ3n) is 2.65. The Labute approximate surface area is 104 Å². The van der Waals surface area contributed by atoms with E-state index in [-0.39, 0.29) is 0 Å². The van der Waals surface area contributed by atoms with Crippen LogP contribution in [0.3, 0.4) is 0 Å². The summed E-state index contributed by atoms with van der Waals surface area (Å²) in [5.41, 5.74) is 2.73. The molecule has 1 aromatic carbocycles. The van der Waals surface area contributed by atoms with E-state index in [1.807, 2.05) is 25.3 Å². The van der Waals surface area contributed by atoms with Gasteiger partial charge in [-0.15, -0.1) is 11.8 Å². The fraction of sp³-hybridized carbons (Fsp3) is 0.231. The van der Waals surface area contributed by atoms with Gasteiger partial charge in [0.25, 0.3) is 0 Å². The van der Waals surface area contributed by atoms with Crippen molar-refractivity contribution < 1.29 is 4.42 Å². The third-order valence-corrected chi connectivity index (χ3v) is 3.43. The van der Waals surface area contributed by atoms with Crippen molar-refractivity contribution in [2.75, 3.05) is 6.26 Å². The van der Waals surface area contributed by atoms with Crippen molar-refractivity contribution in [3.8, 4) is 17.4 Å². The molecule has 0 aliphatic rings. The number of hydrogen-bond acceptors (Lipinski definition) is 4. The van der Waals surface area contributed by atoms with Gasteiger partial charge in [-0.1, -0.05) is 6.92 Å². The number of rotatable bonds is 3. The first-order valence-electron chi connectivity index (χ1n) is 5.30. The van der Waals surface area contributed by atoms with Crippen LogP contribution in [0.15, 0.2) is 34.0 Å². The molecule has 0 saturated heterocycles. The van der Waals surface area contributed by atoms with E-state index in [4.69, 9.17) is 9.68 Å². The maximum atomic E-state index is 9.13. The van der Waals surface area contributed by atoms with E-state index in [1.54, 1.807) is 18.0 Å². The van der Waals surface area contributed by atoms with Gasteiger partial charge in [0.05, 0.1) is 17.8 Å². The highest BCUT2D eigenvalue weighted by molar-refractivity contribution is 7.98. The predicted molar refractivity (Wildman–Crippen MR) is 67.8 cm³/mol. The lowest BCUT2D eigenvalue weighted by atomic mass is 9.98. The number of nitriles is 1. The normalized spacial score (nSPS) is 10.2. The summed E-state index contributed by atoms with van der Waals surface area (Å²) in [6, 6.07) is 6.05. The first-order valence-corrected chi connectivity index (χ1v) is 6.53. The number of hydrogen-bond donors (Lipinski definition) is 0. The van der Waals surface area contributed by atoms with Gasteiger partial charge in [-0.05, 0) is 30.4 Å². The van der Waals surface area contributed by atoms with Crippen molar-refractivity contribution >= 4 is 11.8 Å². The lowest BCUT2D eigenvalue weighted by molar-refractivity contribution is 0.570. The second-order valence-corrected chi connectivity index (χ2v) is 4.35. The lowest BCUT2D eigenvalue weighted by Gasteiger charge is -2.11. The Bertz CT molecular complexity index is 556. The molecule has 0 aliphatic heterocycles. The SMILES string of the molecule is CCc1c(C#N)ccc(SC)c1-c1cnco1. The van der Waals surface area contributed by atoms with Gasteiger partial charge in [0.2, 0.25) is 0 Å². The summed E-state index contributed by atoms with van der Waals surface area (Å²) in [4.78, 5) is 5.05. The molecule has 0 aliphatic carbocycles. The highest BCUT2D eigenvalue weighted by Crippen LogP contribution is 2.35. The van der Waals surface area contributed by atoms with Gasteiger partial charge in [-0.3, -0.25) is 0 Å². The standard InChI is InChI=1S/C13H12N2OS/c1-3-10-9(6-14)4-5-12(17-2)13(10)11-7-15-8-16-11/h4-5,7-8H,3H2,1-2H3. The van der Waals surface area contributed by atoms with Crippen molar-refractivity contribution in [3.63, 3.8) is 0 Å². The monoisotopic (exact) mass is 244 g/mol. The van der Waals surface area contributed by atoms with Crippen LogP contribution in [0.1, 0.15) is 18.1 Å². The van der Waals surface area contributed by atoms with E-state index in [1.165, 1.54) is 6.39 Å². The molecule has 0 bridgehead atoms. The topological polar surface area (TPSA) is 49.8 Å². The van der Waals surface area contributed by atoms with Gasteiger partial charge in [-0.25, -0.2) is 4.98 Å². The van der Waals surface area contributed by atoms with Crippen LogP contribution >= 0.6 is 11.8 Å². The summed E-state index contributed by atoms with van der Waals surface area (Å²) in [6.07, 6.45) is 5.92.